The van der Waals surface area contributed by atoms with E-state index in [0.29, 0.717) is 11.3 Å². The molecule has 5 heteroatoms. The van der Waals surface area contributed by atoms with Gasteiger partial charge in [0.2, 0.25) is 0 Å². The molecular weight excluding hydrogens is 244 g/mol. The van der Waals surface area contributed by atoms with E-state index in [1.54, 1.807) is 25.0 Å². The van der Waals surface area contributed by atoms with Crippen LogP contribution in [-0.2, 0) is 9.31 Å². The van der Waals surface area contributed by atoms with Crippen molar-refractivity contribution in [3.05, 3.63) is 35.3 Å². The summed E-state index contributed by atoms with van der Waals surface area (Å²) in [7, 11) is -0.405. The molecule has 0 radical (unpaired) electrons. The Balaban J connectivity index is 2.10. The lowest BCUT2D eigenvalue weighted by Gasteiger charge is -2.32. The summed E-state index contributed by atoms with van der Waals surface area (Å²) in [5.74, 6) is 1.50. The first kappa shape index (κ1) is 14.2. The molecule has 1 aromatic rings. The Labute approximate surface area is 114 Å². The van der Waals surface area contributed by atoms with Crippen molar-refractivity contribution in [2.45, 2.75) is 45.8 Å². The lowest BCUT2D eigenvalue weighted by atomic mass is 9.89. The van der Waals surface area contributed by atoms with E-state index in [2.05, 4.69) is 4.98 Å². The van der Waals surface area contributed by atoms with Gasteiger partial charge in [-0.1, -0.05) is 5.98 Å². The van der Waals surface area contributed by atoms with Gasteiger partial charge in [0, 0.05) is 0 Å². The van der Waals surface area contributed by atoms with E-state index >= 15 is 0 Å². The summed E-state index contributed by atoms with van der Waals surface area (Å²) in [5.41, 5.74) is 0.555. The SMILES string of the molecule is Cc1cc(/C=C/B2OC(C)(C)C(C)(C)O2)ncc1F. The largest absolute Gasteiger partial charge is 0.487 e. The van der Waals surface area contributed by atoms with Gasteiger partial charge in [-0.3, -0.25) is 4.98 Å². The minimum atomic E-state index is -0.405. The van der Waals surface area contributed by atoms with Gasteiger partial charge >= 0.3 is 7.12 Å². The van der Waals surface area contributed by atoms with Crippen LogP contribution in [0.3, 0.4) is 0 Å². The summed E-state index contributed by atoms with van der Waals surface area (Å²) in [6.07, 6.45) is 3.01. The second-order valence-electron chi connectivity index (χ2n) is 5.84. The highest BCUT2D eigenvalue weighted by Gasteiger charge is 2.49. The molecule has 0 bridgehead atoms. The Hall–Kier alpha value is -1.20. The molecule has 1 aliphatic heterocycles. The zero-order valence-electron chi connectivity index (χ0n) is 12.0. The minimum absolute atomic E-state index is 0.298. The molecule has 3 nitrogen and oxygen atoms in total. The smallest absolute Gasteiger partial charge is 0.400 e. The molecular formula is C14H19BFNO2. The number of halogens is 1. The fraction of sp³-hybridized carbons (Fsp3) is 0.500. The zero-order valence-corrected chi connectivity index (χ0v) is 12.0. The second kappa shape index (κ2) is 4.73. The van der Waals surface area contributed by atoms with Gasteiger partial charge < -0.3 is 9.31 Å². The van der Waals surface area contributed by atoms with Crippen LogP contribution in [0.1, 0.15) is 39.0 Å². The van der Waals surface area contributed by atoms with Crippen LogP contribution < -0.4 is 0 Å². The molecule has 2 heterocycles. The van der Waals surface area contributed by atoms with Crippen LogP contribution in [-0.4, -0.2) is 23.3 Å². The summed E-state index contributed by atoms with van der Waals surface area (Å²) >= 11 is 0. The maximum absolute atomic E-state index is 13.1. The average Bonchev–Trinajstić information content (AvgIpc) is 2.49. The summed E-state index contributed by atoms with van der Waals surface area (Å²) in [6, 6.07) is 1.69. The summed E-state index contributed by atoms with van der Waals surface area (Å²) in [6.45, 7) is 9.72. The third-order valence-corrected chi connectivity index (χ3v) is 3.76. The molecule has 0 atom stereocenters. The molecule has 0 amide bonds. The lowest BCUT2D eigenvalue weighted by Crippen LogP contribution is -2.41. The standard InChI is InChI=1S/C14H19BFNO2/c1-10-8-11(17-9-12(10)16)6-7-15-18-13(2,3)14(4,5)19-15/h6-9H,1-5H3/b7-6+. The van der Waals surface area contributed by atoms with E-state index < -0.39 is 7.12 Å². The predicted octanol–water partition coefficient (Wildman–Crippen LogP) is 3.17. The highest BCUT2D eigenvalue weighted by molar-refractivity contribution is 6.52. The Bertz CT molecular complexity index is 498. The molecule has 0 N–H and O–H groups in total. The van der Waals surface area contributed by atoms with Crippen LogP contribution in [0.15, 0.2) is 18.2 Å². The van der Waals surface area contributed by atoms with Crippen molar-refractivity contribution in [1.29, 1.82) is 0 Å². The second-order valence-corrected chi connectivity index (χ2v) is 5.84. The number of hydrogen-bond acceptors (Lipinski definition) is 3. The highest BCUT2D eigenvalue weighted by atomic mass is 19.1. The fourth-order valence-electron chi connectivity index (χ4n) is 1.80. The maximum Gasteiger partial charge on any atom is 0.487 e. The third-order valence-electron chi connectivity index (χ3n) is 3.76. The molecule has 1 aliphatic rings. The fourth-order valence-corrected chi connectivity index (χ4v) is 1.80. The van der Waals surface area contributed by atoms with Gasteiger partial charge in [0.15, 0.2) is 0 Å². The molecule has 0 aromatic carbocycles. The van der Waals surface area contributed by atoms with Gasteiger partial charge in [-0.15, -0.1) is 0 Å². The number of rotatable bonds is 2. The van der Waals surface area contributed by atoms with Gasteiger partial charge in [0.05, 0.1) is 23.1 Å². The molecule has 0 unspecified atom stereocenters. The number of aromatic nitrogens is 1. The molecule has 0 spiro atoms. The number of pyridine rings is 1. The van der Waals surface area contributed by atoms with Gasteiger partial charge in [0.1, 0.15) is 5.82 Å². The molecule has 1 aromatic heterocycles. The van der Waals surface area contributed by atoms with Gasteiger partial charge in [-0.05, 0) is 52.3 Å². The Morgan fingerprint density at radius 1 is 1.21 bits per heavy atom. The first-order valence-electron chi connectivity index (χ1n) is 6.37. The highest BCUT2D eigenvalue weighted by Crippen LogP contribution is 2.36. The molecule has 0 saturated carbocycles. The quantitative estimate of drug-likeness (QED) is 0.768. The topological polar surface area (TPSA) is 31.4 Å². The minimum Gasteiger partial charge on any atom is -0.400 e. The number of hydrogen-bond donors (Lipinski definition) is 0. The van der Waals surface area contributed by atoms with Crippen molar-refractivity contribution in [3.8, 4) is 0 Å². The van der Waals surface area contributed by atoms with Crippen molar-refractivity contribution in [2.75, 3.05) is 0 Å². The molecule has 2 rings (SSSR count). The van der Waals surface area contributed by atoms with Crippen LogP contribution in [0, 0.1) is 12.7 Å². The number of aryl methyl sites for hydroxylation is 1. The molecule has 1 saturated heterocycles. The molecule has 19 heavy (non-hydrogen) atoms. The van der Waals surface area contributed by atoms with Crippen LogP contribution in [0.2, 0.25) is 0 Å². The number of nitrogens with zero attached hydrogens (tertiary/aromatic N) is 1. The van der Waals surface area contributed by atoms with E-state index in [1.165, 1.54) is 6.20 Å². The van der Waals surface area contributed by atoms with Gasteiger partial charge in [-0.2, -0.15) is 0 Å². The molecule has 102 valence electrons. The van der Waals surface area contributed by atoms with Gasteiger partial charge in [0.25, 0.3) is 0 Å². The van der Waals surface area contributed by atoms with E-state index in [9.17, 15) is 4.39 Å². The summed E-state index contributed by atoms with van der Waals surface area (Å²) in [4.78, 5) is 4.00. The van der Waals surface area contributed by atoms with E-state index in [-0.39, 0.29) is 17.0 Å². The van der Waals surface area contributed by atoms with Crippen molar-refractivity contribution in [1.82, 2.24) is 4.98 Å². The van der Waals surface area contributed by atoms with E-state index in [0.717, 1.165) is 0 Å². The predicted molar refractivity (Wildman–Crippen MR) is 74.0 cm³/mol. The lowest BCUT2D eigenvalue weighted by molar-refractivity contribution is 0.00578. The Kier molecular flexibility index (Phi) is 3.54. The van der Waals surface area contributed by atoms with Crippen LogP contribution in [0.4, 0.5) is 4.39 Å². The first-order chi connectivity index (χ1) is 8.71. The van der Waals surface area contributed by atoms with E-state index in [4.69, 9.17) is 9.31 Å². The monoisotopic (exact) mass is 263 g/mol. The van der Waals surface area contributed by atoms with Crippen molar-refractivity contribution < 1.29 is 13.7 Å². The Morgan fingerprint density at radius 2 is 1.79 bits per heavy atom. The van der Waals surface area contributed by atoms with Crippen LogP contribution >= 0.6 is 0 Å². The summed E-state index contributed by atoms with van der Waals surface area (Å²) in [5, 5.41) is 0. The normalized spacial score (nSPS) is 21.3. The third kappa shape index (κ3) is 2.87. The van der Waals surface area contributed by atoms with Crippen molar-refractivity contribution in [2.24, 2.45) is 0 Å². The first-order valence-corrected chi connectivity index (χ1v) is 6.37. The molecule has 1 fully saturated rings. The Morgan fingerprint density at radius 3 is 2.32 bits per heavy atom. The average molecular weight is 263 g/mol. The zero-order chi connectivity index (χ0) is 14.3. The van der Waals surface area contributed by atoms with Crippen LogP contribution in [0.5, 0.6) is 0 Å². The maximum atomic E-state index is 13.1. The van der Waals surface area contributed by atoms with E-state index in [1.807, 2.05) is 27.7 Å². The van der Waals surface area contributed by atoms with Gasteiger partial charge in [-0.25, -0.2) is 4.39 Å². The van der Waals surface area contributed by atoms with Crippen molar-refractivity contribution >= 4 is 13.2 Å². The molecule has 0 aliphatic carbocycles. The summed E-state index contributed by atoms with van der Waals surface area (Å²) < 4.78 is 24.8. The van der Waals surface area contributed by atoms with Crippen LogP contribution in [0.25, 0.3) is 6.08 Å². The van der Waals surface area contributed by atoms with Crippen molar-refractivity contribution in [3.63, 3.8) is 0 Å².